The number of carbonyl (C=O) groups excluding carboxylic acids is 2. The number of para-hydroxylation sites is 1. The van der Waals surface area contributed by atoms with Gasteiger partial charge in [0.1, 0.15) is 13.1 Å². The average molecular weight is 293 g/mol. The summed E-state index contributed by atoms with van der Waals surface area (Å²) in [5, 5.41) is 8.92. The summed E-state index contributed by atoms with van der Waals surface area (Å²) in [6, 6.07) is 8.66. The fourth-order valence-electron chi connectivity index (χ4n) is 1.98. The first-order valence-corrected chi connectivity index (χ1v) is 6.44. The van der Waals surface area contributed by atoms with Crippen molar-refractivity contribution in [3.63, 3.8) is 0 Å². The lowest BCUT2D eigenvalue weighted by Gasteiger charge is -2.22. The molecule has 1 N–H and O–H groups in total. The number of rotatable bonds is 6. The van der Waals surface area contributed by atoms with Gasteiger partial charge in [0.15, 0.2) is 0 Å². The molecule has 112 valence electrons. The van der Waals surface area contributed by atoms with Crippen molar-refractivity contribution in [2.45, 2.75) is 12.5 Å². The molecule has 7 heteroatoms. The fourth-order valence-corrected chi connectivity index (χ4v) is 1.98. The Hall–Kier alpha value is -2.57. The number of benzene rings is 1. The van der Waals surface area contributed by atoms with Crippen LogP contribution in [0.5, 0.6) is 0 Å². The molecule has 0 spiro atoms. The molecule has 2 rings (SSSR count). The minimum atomic E-state index is -1.06. The number of hydrogen-bond donors (Lipinski definition) is 1. The zero-order chi connectivity index (χ0) is 15.2. The molecule has 0 aromatic heterocycles. The first-order chi connectivity index (χ1) is 10.1. The third-order valence-electron chi connectivity index (χ3n) is 2.93. The van der Waals surface area contributed by atoms with E-state index in [0.717, 1.165) is 0 Å². The van der Waals surface area contributed by atoms with Crippen LogP contribution in [0.15, 0.2) is 30.3 Å². The van der Waals surface area contributed by atoms with E-state index < -0.39 is 24.0 Å². The number of carboxylic acids is 1. The molecule has 7 nitrogen and oxygen atoms in total. The van der Waals surface area contributed by atoms with Crippen molar-refractivity contribution in [2.75, 3.05) is 24.6 Å². The molecule has 1 aliphatic rings. The van der Waals surface area contributed by atoms with E-state index in [1.807, 2.05) is 0 Å². The van der Waals surface area contributed by atoms with Gasteiger partial charge in [-0.1, -0.05) is 18.2 Å². The lowest BCUT2D eigenvalue weighted by molar-refractivity contribution is -0.159. The van der Waals surface area contributed by atoms with Gasteiger partial charge in [-0.25, -0.2) is 4.79 Å². The van der Waals surface area contributed by atoms with Gasteiger partial charge >= 0.3 is 17.9 Å². The molecular formula is C14H15NO6. The zero-order valence-electron chi connectivity index (χ0n) is 11.2. The summed E-state index contributed by atoms with van der Waals surface area (Å²) in [4.78, 5) is 35.3. The standard InChI is InChI=1S/C14H15NO6/c16-12(17)8-15(10-4-2-1-3-5-10)9-13(18)21-11-6-7-20-14(11)19/h1-5,11H,6-9H2,(H,16,17). The molecule has 1 heterocycles. The van der Waals surface area contributed by atoms with E-state index in [1.54, 1.807) is 30.3 Å². The highest BCUT2D eigenvalue weighted by atomic mass is 16.6. The molecule has 0 aliphatic carbocycles. The minimum absolute atomic E-state index is 0.230. The predicted octanol–water partition coefficient (Wildman–Crippen LogP) is 0.436. The molecule has 1 atom stereocenters. The van der Waals surface area contributed by atoms with Crippen molar-refractivity contribution in [3.8, 4) is 0 Å². The number of anilines is 1. The lowest BCUT2D eigenvalue weighted by Crippen LogP contribution is -2.37. The van der Waals surface area contributed by atoms with Crippen LogP contribution in [0.25, 0.3) is 0 Å². The van der Waals surface area contributed by atoms with E-state index in [0.29, 0.717) is 12.1 Å². The van der Waals surface area contributed by atoms with Crippen LogP contribution in [0.2, 0.25) is 0 Å². The molecule has 1 unspecified atom stereocenters. The van der Waals surface area contributed by atoms with Gasteiger partial charge in [0, 0.05) is 12.1 Å². The van der Waals surface area contributed by atoms with Crippen molar-refractivity contribution in [1.29, 1.82) is 0 Å². The number of cyclic esters (lactones) is 1. The first kappa shape index (κ1) is 14.8. The summed E-state index contributed by atoms with van der Waals surface area (Å²) in [6.45, 7) is -0.359. The van der Waals surface area contributed by atoms with Crippen molar-refractivity contribution in [2.24, 2.45) is 0 Å². The van der Waals surface area contributed by atoms with Gasteiger partial charge in [0.25, 0.3) is 0 Å². The maximum absolute atomic E-state index is 11.8. The third-order valence-corrected chi connectivity index (χ3v) is 2.93. The zero-order valence-corrected chi connectivity index (χ0v) is 11.2. The van der Waals surface area contributed by atoms with Gasteiger partial charge < -0.3 is 19.5 Å². The van der Waals surface area contributed by atoms with Crippen LogP contribution in [0.1, 0.15) is 6.42 Å². The summed E-state index contributed by atoms with van der Waals surface area (Å²) >= 11 is 0. The predicted molar refractivity (Wildman–Crippen MR) is 71.7 cm³/mol. The first-order valence-electron chi connectivity index (χ1n) is 6.44. The van der Waals surface area contributed by atoms with Crippen LogP contribution in [-0.2, 0) is 23.9 Å². The molecule has 1 aromatic rings. The van der Waals surface area contributed by atoms with Gasteiger partial charge in [-0.2, -0.15) is 0 Å². The third kappa shape index (κ3) is 4.20. The largest absolute Gasteiger partial charge is 0.480 e. The van der Waals surface area contributed by atoms with Crippen LogP contribution in [0, 0.1) is 0 Å². The number of hydrogen-bond acceptors (Lipinski definition) is 6. The molecule has 1 saturated heterocycles. The molecule has 0 saturated carbocycles. The van der Waals surface area contributed by atoms with Crippen LogP contribution in [0.4, 0.5) is 5.69 Å². The Labute approximate surface area is 121 Å². The Kier molecular flexibility index (Phi) is 4.76. The summed E-state index contributed by atoms with van der Waals surface area (Å²) in [5.74, 6) is -2.29. The highest BCUT2D eigenvalue weighted by Crippen LogP contribution is 2.14. The molecule has 1 aromatic carbocycles. The second-order valence-corrected chi connectivity index (χ2v) is 4.52. The highest BCUT2D eigenvalue weighted by Gasteiger charge is 2.30. The van der Waals surface area contributed by atoms with Crippen molar-refractivity contribution in [1.82, 2.24) is 0 Å². The van der Waals surface area contributed by atoms with Crippen molar-refractivity contribution >= 4 is 23.6 Å². The maximum Gasteiger partial charge on any atom is 0.347 e. The lowest BCUT2D eigenvalue weighted by atomic mass is 10.3. The maximum atomic E-state index is 11.8. The summed E-state index contributed by atoms with van der Waals surface area (Å²) in [5.41, 5.74) is 0.589. The number of esters is 2. The van der Waals surface area contributed by atoms with Gasteiger partial charge in [0.05, 0.1) is 6.61 Å². The Bertz CT molecular complexity index is 530. The van der Waals surface area contributed by atoms with Gasteiger partial charge in [-0.15, -0.1) is 0 Å². The van der Waals surface area contributed by atoms with E-state index in [9.17, 15) is 14.4 Å². The van der Waals surface area contributed by atoms with Crippen LogP contribution in [-0.4, -0.2) is 48.8 Å². The van der Waals surface area contributed by atoms with Gasteiger partial charge in [-0.05, 0) is 12.1 Å². The van der Waals surface area contributed by atoms with Gasteiger partial charge in [-0.3, -0.25) is 9.59 Å². The second kappa shape index (κ2) is 6.74. The van der Waals surface area contributed by atoms with Crippen LogP contribution >= 0.6 is 0 Å². The molecule has 0 amide bonds. The van der Waals surface area contributed by atoms with E-state index in [-0.39, 0.29) is 19.7 Å². The van der Waals surface area contributed by atoms with Crippen LogP contribution < -0.4 is 4.90 Å². The highest BCUT2D eigenvalue weighted by molar-refractivity contribution is 5.84. The normalized spacial score (nSPS) is 17.1. The number of nitrogens with zero attached hydrogens (tertiary/aromatic N) is 1. The Balaban J connectivity index is 1.99. The SMILES string of the molecule is O=C(O)CN(CC(=O)OC1CCOC1=O)c1ccccc1. The van der Waals surface area contributed by atoms with Gasteiger partial charge in [0.2, 0.25) is 6.10 Å². The minimum Gasteiger partial charge on any atom is -0.480 e. The quantitative estimate of drug-likeness (QED) is 0.760. The Morgan fingerprint density at radius 1 is 1.29 bits per heavy atom. The summed E-state index contributed by atoms with van der Waals surface area (Å²) < 4.78 is 9.71. The Morgan fingerprint density at radius 2 is 2.00 bits per heavy atom. The number of carboxylic acid groups (broad SMARTS) is 1. The van der Waals surface area contributed by atoms with E-state index in [2.05, 4.69) is 0 Å². The molecular weight excluding hydrogens is 278 g/mol. The topological polar surface area (TPSA) is 93.1 Å². The summed E-state index contributed by atoms with van der Waals surface area (Å²) in [7, 11) is 0. The number of aliphatic carboxylic acids is 1. The molecule has 1 aliphatic heterocycles. The average Bonchev–Trinajstić information content (AvgIpc) is 2.84. The van der Waals surface area contributed by atoms with Crippen LogP contribution in [0.3, 0.4) is 0 Å². The molecule has 0 bridgehead atoms. The molecule has 0 radical (unpaired) electrons. The van der Waals surface area contributed by atoms with E-state index >= 15 is 0 Å². The Morgan fingerprint density at radius 3 is 2.57 bits per heavy atom. The number of carbonyl (C=O) groups is 3. The van der Waals surface area contributed by atoms with E-state index in [4.69, 9.17) is 14.6 Å². The monoisotopic (exact) mass is 293 g/mol. The smallest absolute Gasteiger partial charge is 0.347 e. The number of ether oxygens (including phenoxy) is 2. The van der Waals surface area contributed by atoms with Crippen molar-refractivity contribution < 1.29 is 29.0 Å². The second-order valence-electron chi connectivity index (χ2n) is 4.52. The summed E-state index contributed by atoms with van der Waals surface area (Å²) in [6.07, 6.45) is -0.561. The van der Waals surface area contributed by atoms with E-state index in [1.165, 1.54) is 4.90 Å². The molecule has 21 heavy (non-hydrogen) atoms. The molecule has 1 fully saturated rings. The van der Waals surface area contributed by atoms with Crippen molar-refractivity contribution in [3.05, 3.63) is 30.3 Å². The fraction of sp³-hybridized carbons (Fsp3) is 0.357.